The highest BCUT2D eigenvalue weighted by Gasteiger charge is 2.31. The molecule has 0 unspecified atom stereocenters. The second-order valence-corrected chi connectivity index (χ2v) is 11.2. The number of aromatic carboxylic acids is 1. The van der Waals surface area contributed by atoms with Gasteiger partial charge in [-0.1, -0.05) is 24.1 Å². The number of unbranched alkanes of at least 4 members (excludes halogenated alkanes) is 1. The third-order valence-electron chi connectivity index (χ3n) is 7.54. The van der Waals surface area contributed by atoms with E-state index in [1.54, 1.807) is 43.3 Å². The first-order chi connectivity index (χ1) is 20.4. The summed E-state index contributed by atoms with van der Waals surface area (Å²) in [6.45, 7) is 2.07. The summed E-state index contributed by atoms with van der Waals surface area (Å²) in [4.78, 5) is 24.0. The molecule has 3 aromatic carbocycles. The van der Waals surface area contributed by atoms with Crippen molar-refractivity contribution in [2.45, 2.75) is 38.0 Å². The summed E-state index contributed by atoms with van der Waals surface area (Å²) in [5.74, 6) is -0.610. The molecule has 0 radical (unpaired) electrons. The number of hydrogen-bond acceptors (Lipinski definition) is 6. The molecule has 0 saturated heterocycles. The van der Waals surface area contributed by atoms with Crippen LogP contribution in [-0.4, -0.2) is 50.0 Å². The van der Waals surface area contributed by atoms with Gasteiger partial charge in [0.05, 0.1) is 23.4 Å². The molecule has 1 aliphatic rings. The lowest BCUT2D eigenvalue weighted by Crippen LogP contribution is -2.19. The molecule has 1 heterocycles. The van der Waals surface area contributed by atoms with Crippen molar-refractivity contribution in [2.75, 3.05) is 37.4 Å². The van der Waals surface area contributed by atoms with Crippen molar-refractivity contribution in [3.05, 3.63) is 88.7 Å². The van der Waals surface area contributed by atoms with Gasteiger partial charge in [-0.25, -0.2) is 9.18 Å². The third kappa shape index (κ3) is 6.79. The molecule has 0 spiro atoms. The first-order valence-electron chi connectivity index (χ1n) is 14.2. The van der Waals surface area contributed by atoms with E-state index >= 15 is 0 Å². The Kier molecular flexibility index (Phi) is 9.49. The molecule has 220 valence electrons. The summed E-state index contributed by atoms with van der Waals surface area (Å²) >= 11 is 1.67. The van der Waals surface area contributed by atoms with Gasteiger partial charge < -0.3 is 23.9 Å². The zero-order valence-corrected chi connectivity index (χ0v) is 24.6. The minimum Gasteiger partial charge on any atom is -0.478 e. The minimum atomic E-state index is -0.922. The number of anilines is 1. The summed E-state index contributed by atoms with van der Waals surface area (Å²) in [7, 11) is 1.60. The Labute approximate surface area is 249 Å². The van der Waals surface area contributed by atoms with E-state index in [1.807, 2.05) is 18.2 Å². The van der Waals surface area contributed by atoms with Gasteiger partial charge in [0.2, 0.25) is 0 Å². The largest absolute Gasteiger partial charge is 0.478 e. The standard InChI is InChI=1S/C33H35FN2O5S/c1-35-32(37)30-27-19-26(22-9-10-22)28(20-29(27)41-31(30)23-11-13-25(34)14-12-23)36(42-2)16-3-4-17-40-18-15-21-5-7-24(8-6-21)33(38)39/h5-8,11-14,19-20,22H,3-4,9-10,15-18H2,1-2H3,(H,35,37)(H,38,39). The Morgan fingerprint density at radius 2 is 1.81 bits per heavy atom. The predicted octanol–water partition coefficient (Wildman–Crippen LogP) is 7.30. The number of furan rings is 1. The molecule has 0 aliphatic heterocycles. The number of nitrogens with zero attached hydrogens (tertiary/aromatic N) is 1. The number of carbonyl (C=O) groups is 2. The van der Waals surface area contributed by atoms with Gasteiger partial charge in [0.25, 0.3) is 5.91 Å². The number of amides is 1. The van der Waals surface area contributed by atoms with Crippen LogP contribution in [0.2, 0.25) is 0 Å². The number of rotatable bonds is 14. The molecule has 1 aliphatic carbocycles. The second-order valence-electron chi connectivity index (χ2n) is 10.4. The van der Waals surface area contributed by atoms with Crippen molar-refractivity contribution in [3.63, 3.8) is 0 Å². The molecular weight excluding hydrogens is 555 g/mol. The average Bonchev–Trinajstić information content (AvgIpc) is 3.78. The molecule has 1 amide bonds. The Morgan fingerprint density at radius 3 is 2.45 bits per heavy atom. The molecule has 7 nitrogen and oxygen atoms in total. The van der Waals surface area contributed by atoms with Crippen LogP contribution in [0.5, 0.6) is 0 Å². The molecule has 1 aromatic heterocycles. The highest BCUT2D eigenvalue weighted by molar-refractivity contribution is 7.99. The van der Waals surface area contributed by atoms with E-state index in [-0.39, 0.29) is 17.3 Å². The Bertz CT molecular complexity index is 1550. The number of halogens is 1. The maximum absolute atomic E-state index is 13.6. The molecule has 4 aromatic rings. The molecule has 5 rings (SSSR count). The van der Waals surface area contributed by atoms with Crippen LogP contribution in [-0.2, 0) is 11.2 Å². The number of fused-ring (bicyclic) bond motifs is 1. The number of nitrogens with one attached hydrogen (secondary N) is 1. The number of ether oxygens (including phenoxy) is 1. The normalized spacial score (nSPS) is 12.9. The van der Waals surface area contributed by atoms with Crippen LogP contribution in [0.1, 0.15) is 63.4 Å². The fraction of sp³-hybridized carbons (Fsp3) is 0.333. The summed E-state index contributed by atoms with van der Waals surface area (Å²) < 4.78 is 28.0. The lowest BCUT2D eigenvalue weighted by atomic mass is 10.0. The smallest absolute Gasteiger partial charge is 0.335 e. The predicted molar refractivity (Wildman–Crippen MR) is 165 cm³/mol. The van der Waals surface area contributed by atoms with Crippen molar-refractivity contribution in [1.29, 1.82) is 0 Å². The molecule has 42 heavy (non-hydrogen) atoms. The van der Waals surface area contributed by atoms with Gasteiger partial charge in [-0.2, -0.15) is 0 Å². The molecule has 1 fully saturated rings. The van der Waals surface area contributed by atoms with Crippen molar-refractivity contribution >= 4 is 40.5 Å². The maximum atomic E-state index is 13.6. The minimum absolute atomic E-state index is 0.235. The Morgan fingerprint density at radius 1 is 1.07 bits per heavy atom. The van der Waals surface area contributed by atoms with Crippen molar-refractivity contribution in [2.24, 2.45) is 0 Å². The molecule has 0 atom stereocenters. The number of benzene rings is 3. The van der Waals surface area contributed by atoms with E-state index in [1.165, 1.54) is 17.7 Å². The van der Waals surface area contributed by atoms with Gasteiger partial charge in [-0.15, -0.1) is 0 Å². The summed E-state index contributed by atoms with van der Waals surface area (Å²) in [5, 5.41) is 12.5. The van der Waals surface area contributed by atoms with Crippen LogP contribution in [0.4, 0.5) is 10.1 Å². The van der Waals surface area contributed by atoms with E-state index in [0.29, 0.717) is 41.6 Å². The fourth-order valence-electron chi connectivity index (χ4n) is 5.12. The van der Waals surface area contributed by atoms with Crippen LogP contribution in [0.25, 0.3) is 22.3 Å². The lowest BCUT2D eigenvalue weighted by molar-refractivity contribution is 0.0696. The van der Waals surface area contributed by atoms with Gasteiger partial charge in [0.15, 0.2) is 0 Å². The zero-order valence-electron chi connectivity index (χ0n) is 23.8. The number of carboxylic acid groups (broad SMARTS) is 1. The molecule has 0 bridgehead atoms. The van der Waals surface area contributed by atoms with Crippen molar-refractivity contribution in [1.82, 2.24) is 5.32 Å². The van der Waals surface area contributed by atoms with E-state index in [9.17, 15) is 14.0 Å². The molecule has 1 saturated carbocycles. The summed E-state index contributed by atoms with van der Waals surface area (Å²) in [5.41, 5.74) is 5.42. The Hall–Kier alpha value is -3.82. The van der Waals surface area contributed by atoms with Crippen LogP contribution in [0.3, 0.4) is 0 Å². The fourth-order valence-corrected chi connectivity index (χ4v) is 5.78. The molecule has 2 N–H and O–H groups in total. The highest BCUT2D eigenvalue weighted by Crippen LogP contribution is 2.48. The van der Waals surface area contributed by atoms with Gasteiger partial charge in [0.1, 0.15) is 17.2 Å². The van der Waals surface area contributed by atoms with E-state index in [0.717, 1.165) is 55.3 Å². The van der Waals surface area contributed by atoms with Gasteiger partial charge in [0, 0.05) is 43.5 Å². The SMILES string of the molecule is CNC(=O)c1c(-c2ccc(F)cc2)oc2cc(N(CCCCOCCc3ccc(C(=O)O)cc3)SC)c(C3CC3)cc12. The van der Waals surface area contributed by atoms with Crippen LogP contribution in [0, 0.1) is 5.82 Å². The first-order valence-corrected chi connectivity index (χ1v) is 15.4. The van der Waals surface area contributed by atoms with Crippen LogP contribution in [0.15, 0.2) is 65.1 Å². The maximum Gasteiger partial charge on any atom is 0.335 e. The zero-order chi connectivity index (χ0) is 29.6. The van der Waals surface area contributed by atoms with Crippen molar-refractivity contribution < 1.29 is 28.2 Å². The second kappa shape index (κ2) is 13.4. The van der Waals surface area contributed by atoms with Gasteiger partial charge in [-0.3, -0.25) is 4.79 Å². The lowest BCUT2D eigenvalue weighted by Gasteiger charge is -2.24. The molecule has 9 heteroatoms. The van der Waals surface area contributed by atoms with Crippen molar-refractivity contribution in [3.8, 4) is 11.3 Å². The summed E-state index contributed by atoms with van der Waals surface area (Å²) in [6.07, 6.45) is 6.89. The Balaban J connectivity index is 1.26. The van der Waals surface area contributed by atoms with E-state index < -0.39 is 5.97 Å². The van der Waals surface area contributed by atoms with Crippen LogP contribution < -0.4 is 9.62 Å². The van der Waals surface area contributed by atoms with Gasteiger partial charge >= 0.3 is 5.97 Å². The topological polar surface area (TPSA) is 92.0 Å². The first kappa shape index (κ1) is 29.7. The summed E-state index contributed by atoms with van der Waals surface area (Å²) in [6, 6.07) is 17.1. The third-order valence-corrected chi connectivity index (χ3v) is 8.36. The van der Waals surface area contributed by atoms with Gasteiger partial charge in [-0.05, 0) is 91.6 Å². The van der Waals surface area contributed by atoms with Crippen LogP contribution >= 0.6 is 11.9 Å². The average molecular weight is 591 g/mol. The quantitative estimate of drug-likeness (QED) is 0.118. The monoisotopic (exact) mass is 590 g/mol. The number of hydrogen-bond donors (Lipinski definition) is 2. The highest BCUT2D eigenvalue weighted by atomic mass is 32.2. The number of carbonyl (C=O) groups excluding carboxylic acids is 1. The van der Waals surface area contributed by atoms with E-state index in [4.69, 9.17) is 14.3 Å². The number of carboxylic acids is 1. The van der Waals surface area contributed by atoms with E-state index in [2.05, 4.69) is 21.9 Å². The molecular formula is C33H35FN2O5S.